The first-order valence-electron chi connectivity index (χ1n) is 5.00. The number of alkyl halides is 1. The molecule has 1 atom stereocenters. The molecule has 1 aliphatic rings. The van der Waals surface area contributed by atoms with Crippen LogP contribution in [0.1, 0.15) is 29.5 Å². The van der Waals surface area contributed by atoms with Gasteiger partial charge in [0.1, 0.15) is 17.7 Å². The van der Waals surface area contributed by atoms with Gasteiger partial charge in [0.05, 0.1) is 0 Å². The van der Waals surface area contributed by atoms with E-state index in [4.69, 9.17) is 5.11 Å². The van der Waals surface area contributed by atoms with Crippen molar-refractivity contribution in [1.82, 2.24) is 0 Å². The molecule has 0 amide bonds. The summed E-state index contributed by atoms with van der Waals surface area (Å²) in [6.07, 6.45) is 0.484. The Labute approximate surface area is 95.1 Å². The summed E-state index contributed by atoms with van der Waals surface area (Å²) >= 11 is 1.12. The molecule has 0 saturated heterocycles. The maximum atomic E-state index is 13.7. The number of aliphatic carboxylic acids is 1. The van der Waals surface area contributed by atoms with Crippen molar-refractivity contribution in [2.75, 3.05) is 11.9 Å². The fourth-order valence-corrected chi connectivity index (χ4v) is 2.99. The van der Waals surface area contributed by atoms with E-state index in [9.17, 15) is 13.6 Å². The van der Waals surface area contributed by atoms with Crippen LogP contribution in [-0.2, 0) is 11.2 Å². The van der Waals surface area contributed by atoms with Crippen LogP contribution >= 0.6 is 11.3 Å². The largest absolute Gasteiger partial charge is 0.480 e. The van der Waals surface area contributed by atoms with Crippen molar-refractivity contribution in [3.8, 4) is 0 Å². The molecule has 16 heavy (non-hydrogen) atoms. The van der Waals surface area contributed by atoms with Crippen LogP contribution in [-0.4, -0.2) is 17.6 Å². The van der Waals surface area contributed by atoms with E-state index in [0.717, 1.165) is 11.3 Å². The Kier molecular flexibility index (Phi) is 3.09. The number of aryl methyl sites for hydroxylation is 1. The molecule has 6 heteroatoms. The van der Waals surface area contributed by atoms with E-state index in [-0.39, 0.29) is 17.1 Å². The number of carboxylic acid groups (broad SMARTS) is 1. The molecule has 1 aromatic heterocycles. The maximum Gasteiger partial charge on any atom is 0.322 e. The minimum atomic E-state index is -1.25. The van der Waals surface area contributed by atoms with Crippen LogP contribution in [0.4, 0.5) is 13.8 Å². The summed E-state index contributed by atoms with van der Waals surface area (Å²) in [4.78, 5) is 11.0. The second-order valence-electron chi connectivity index (χ2n) is 3.69. The number of thiophene rings is 1. The second kappa shape index (κ2) is 4.37. The van der Waals surface area contributed by atoms with Crippen molar-refractivity contribution in [2.24, 2.45) is 0 Å². The van der Waals surface area contributed by atoms with Crippen molar-refractivity contribution in [2.45, 2.75) is 25.4 Å². The molecule has 0 fully saturated rings. The quantitative estimate of drug-likeness (QED) is 0.863. The number of anilines is 1. The lowest BCUT2D eigenvalue weighted by atomic mass is 9.97. The van der Waals surface area contributed by atoms with Gasteiger partial charge in [-0.25, -0.2) is 8.78 Å². The zero-order valence-electron chi connectivity index (χ0n) is 8.43. The van der Waals surface area contributed by atoms with Gasteiger partial charge in [0.15, 0.2) is 5.82 Å². The van der Waals surface area contributed by atoms with E-state index in [0.29, 0.717) is 24.1 Å². The van der Waals surface area contributed by atoms with Crippen LogP contribution in [0, 0.1) is 5.82 Å². The molecule has 1 aliphatic carbocycles. The average molecular weight is 247 g/mol. The summed E-state index contributed by atoms with van der Waals surface area (Å²) in [5.74, 6) is -1.68. The van der Waals surface area contributed by atoms with E-state index >= 15 is 0 Å². The van der Waals surface area contributed by atoms with E-state index in [1.54, 1.807) is 0 Å². The molecule has 2 rings (SSSR count). The van der Waals surface area contributed by atoms with Gasteiger partial charge in [-0.3, -0.25) is 4.79 Å². The summed E-state index contributed by atoms with van der Waals surface area (Å²) in [6, 6.07) is 0. The van der Waals surface area contributed by atoms with Gasteiger partial charge >= 0.3 is 5.97 Å². The number of nitrogens with one attached hydrogen (secondary N) is 1. The molecular weight excluding hydrogens is 236 g/mol. The van der Waals surface area contributed by atoms with Gasteiger partial charge in [-0.1, -0.05) is 0 Å². The number of halogens is 2. The van der Waals surface area contributed by atoms with Gasteiger partial charge in [-0.2, -0.15) is 0 Å². The predicted octanol–water partition coefficient (Wildman–Crippen LogP) is 2.73. The first-order chi connectivity index (χ1) is 7.59. The second-order valence-corrected chi connectivity index (χ2v) is 4.79. The van der Waals surface area contributed by atoms with Crippen LogP contribution in [0.3, 0.4) is 0 Å². The smallest absolute Gasteiger partial charge is 0.322 e. The number of fused-ring (bicyclic) bond motifs is 1. The van der Waals surface area contributed by atoms with E-state index in [2.05, 4.69) is 5.32 Å². The van der Waals surface area contributed by atoms with Crippen molar-refractivity contribution in [3.63, 3.8) is 0 Å². The molecule has 1 aromatic rings. The molecule has 0 radical (unpaired) electrons. The van der Waals surface area contributed by atoms with Crippen molar-refractivity contribution < 1.29 is 18.7 Å². The Bertz CT molecular complexity index is 419. The third kappa shape index (κ3) is 2.02. The lowest BCUT2D eigenvalue weighted by Crippen LogP contribution is -2.12. The Morgan fingerprint density at radius 1 is 1.62 bits per heavy atom. The van der Waals surface area contributed by atoms with Gasteiger partial charge in [-0.05, 0) is 19.3 Å². The first kappa shape index (κ1) is 11.3. The van der Waals surface area contributed by atoms with E-state index in [1.807, 2.05) is 0 Å². The lowest BCUT2D eigenvalue weighted by molar-refractivity contribution is -0.134. The Balaban J connectivity index is 2.24. The minimum absolute atomic E-state index is 0.129. The van der Waals surface area contributed by atoms with Gasteiger partial charge in [0.25, 0.3) is 0 Å². The predicted molar refractivity (Wildman–Crippen MR) is 57.2 cm³/mol. The third-order valence-electron chi connectivity index (χ3n) is 2.54. The standard InChI is InChI=1S/C10H11F2NO2S/c11-5-2-1-3-6-8(5)9(12)10(16-6)13-4-7(14)15/h5,13H,1-4H2,(H,14,15). The zero-order chi connectivity index (χ0) is 11.7. The highest BCUT2D eigenvalue weighted by molar-refractivity contribution is 7.16. The van der Waals surface area contributed by atoms with Gasteiger partial charge in [-0.15, -0.1) is 11.3 Å². The van der Waals surface area contributed by atoms with Gasteiger partial charge in [0.2, 0.25) is 0 Å². The highest BCUT2D eigenvalue weighted by atomic mass is 32.1. The summed E-state index contributed by atoms with van der Waals surface area (Å²) in [7, 11) is 0. The van der Waals surface area contributed by atoms with Crippen molar-refractivity contribution in [1.29, 1.82) is 0 Å². The SMILES string of the molecule is O=C(O)CNc1sc2c(c1F)C(F)CCC2. The number of rotatable bonds is 3. The van der Waals surface area contributed by atoms with Crippen LogP contribution in [0.2, 0.25) is 0 Å². The monoisotopic (exact) mass is 247 g/mol. The molecule has 0 spiro atoms. The first-order valence-corrected chi connectivity index (χ1v) is 5.82. The van der Waals surface area contributed by atoms with Crippen LogP contribution in [0.25, 0.3) is 0 Å². The lowest BCUT2D eigenvalue weighted by Gasteiger charge is -2.14. The van der Waals surface area contributed by atoms with Crippen molar-refractivity contribution >= 4 is 22.3 Å². The number of hydrogen-bond acceptors (Lipinski definition) is 3. The van der Waals surface area contributed by atoms with Crippen LogP contribution < -0.4 is 5.32 Å². The third-order valence-corrected chi connectivity index (χ3v) is 3.73. The topological polar surface area (TPSA) is 49.3 Å². The van der Waals surface area contributed by atoms with Gasteiger partial charge in [0, 0.05) is 10.4 Å². The molecule has 1 unspecified atom stereocenters. The number of carbonyl (C=O) groups is 1. The van der Waals surface area contributed by atoms with Gasteiger partial charge < -0.3 is 10.4 Å². The summed E-state index contributed by atoms with van der Waals surface area (Å²) in [5.41, 5.74) is 0.129. The molecule has 88 valence electrons. The van der Waals surface area contributed by atoms with Crippen molar-refractivity contribution in [3.05, 3.63) is 16.3 Å². The molecular formula is C10H11F2NO2S. The number of carboxylic acids is 1. The molecule has 0 aromatic carbocycles. The minimum Gasteiger partial charge on any atom is -0.480 e. The van der Waals surface area contributed by atoms with E-state index < -0.39 is 18.0 Å². The van der Waals surface area contributed by atoms with Crippen LogP contribution in [0.15, 0.2) is 0 Å². The van der Waals surface area contributed by atoms with E-state index in [1.165, 1.54) is 0 Å². The zero-order valence-corrected chi connectivity index (χ0v) is 9.24. The summed E-state index contributed by atoms with van der Waals surface area (Å²) < 4.78 is 27.2. The molecule has 1 heterocycles. The Hall–Kier alpha value is -1.17. The molecule has 3 nitrogen and oxygen atoms in total. The summed E-state index contributed by atoms with van der Waals surface area (Å²) in [5, 5.41) is 11.1. The fraction of sp³-hybridized carbons (Fsp3) is 0.500. The Morgan fingerprint density at radius 3 is 3.00 bits per heavy atom. The molecule has 0 bridgehead atoms. The normalized spacial score (nSPS) is 19.2. The Morgan fingerprint density at radius 2 is 2.38 bits per heavy atom. The highest BCUT2D eigenvalue weighted by Crippen LogP contribution is 2.42. The van der Waals surface area contributed by atoms with Crippen LogP contribution in [0.5, 0.6) is 0 Å². The molecule has 0 aliphatic heterocycles. The summed E-state index contributed by atoms with van der Waals surface area (Å²) in [6.45, 7) is -0.354. The number of hydrogen-bond donors (Lipinski definition) is 2. The maximum absolute atomic E-state index is 13.7. The fourth-order valence-electron chi connectivity index (χ4n) is 1.82. The average Bonchev–Trinajstić information content (AvgIpc) is 2.54. The highest BCUT2D eigenvalue weighted by Gasteiger charge is 2.28. The molecule has 0 saturated carbocycles. The molecule has 2 N–H and O–H groups in total.